The van der Waals surface area contributed by atoms with E-state index in [0.29, 0.717) is 6.42 Å². The van der Waals surface area contributed by atoms with Crippen LogP contribution in [0.4, 0.5) is 5.69 Å². The molecular formula is C17H17NO2. The normalized spacial score (nSPS) is 16.7. The number of carbonyl (C=O) groups is 1. The van der Waals surface area contributed by atoms with Crippen molar-refractivity contribution in [3.8, 4) is 5.75 Å². The highest BCUT2D eigenvalue weighted by Crippen LogP contribution is 2.36. The van der Waals surface area contributed by atoms with E-state index in [1.54, 1.807) is 7.11 Å². The van der Waals surface area contributed by atoms with Crippen LogP contribution in [0.2, 0.25) is 0 Å². The van der Waals surface area contributed by atoms with E-state index < -0.39 is 0 Å². The van der Waals surface area contributed by atoms with Gasteiger partial charge in [-0.2, -0.15) is 0 Å². The van der Waals surface area contributed by atoms with Crippen LogP contribution >= 0.6 is 0 Å². The predicted molar refractivity (Wildman–Crippen MR) is 79.2 cm³/mol. The maximum Gasteiger partial charge on any atom is 0.232 e. The van der Waals surface area contributed by atoms with Crippen molar-refractivity contribution >= 4 is 11.6 Å². The molecule has 0 radical (unpaired) electrons. The Morgan fingerprint density at radius 1 is 1.15 bits per heavy atom. The van der Waals surface area contributed by atoms with Crippen molar-refractivity contribution in [2.24, 2.45) is 0 Å². The molecule has 2 aromatic carbocycles. The van der Waals surface area contributed by atoms with Crippen LogP contribution in [0, 0.1) is 6.92 Å². The molecule has 0 bridgehead atoms. The van der Waals surface area contributed by atoms with Gasteiger partial charge in [-0.3, -0.25) is 4.79 Å². The SMILES string of the molecule is COc1ccc(CC2C(=O)Nc3c(C)cccc32)cc1. The zero-order chi connectivity index (χ0) is 14.1. The van der Waals surface area contributed by atoms with Gasteiger partial charge in [0.15, 0.2) is 0 Å². The van der Waals surface area contributed by atoms with E-state index in [1.165, 1.54) is 0 Å². The second-order valence-corrected chi connectivity index (χ2v) is 5.13. The molecule has 1 heterocycles. The fourth-order valence-electron chi connectivity index (χ4n) is 2.70. The Hall–Kier alpha value is -2.29. The van der Waals surface area contributed by atoms with E-state index in [9.17, 15) is 4.79 Å². The minimum Gasteiger partial charge on any atom is -0.497 e. The first kappa shape index (κ1) is 12.7. The summed E-state index contributed by atoms with van der Waals surface area (Å²) < 4.78 is 5.15. The minimum atomic E-state index is -0.0988. The van der Waals surface area contributed by atoms with E-state index in [4.69, 9.17) is 4.74 Å². The van der Waals surface area contributed by atoms with Gasteiger partial charge in [0.1, 0.15) is 5.75 Å². The van der Waals surface area contributed by atoms with E-state index in [-0.39, 0.29) is 11.8 Å². The molecule has 1 aliphatic rings. The highest BCUT2D eigenvalue weighted by atomic mass is 16.5. The summed E-state index contributed by atoms with van der Waals surface area (Å²) in [5.74, 6) is 0.823. The van der Waals surface area contributed by atoms with Gasteiger partial charge >= 0.3 is 0 Å². The van der Waals surface area contributed by atoms with Crippen LogP contribution in [0.15, 0.2) is 42.5 Å². The molecule has 0 saturated heterocycles. The van der Waals surface area contributed by atoms with E-state index in [1.807, 2.05) is 49.4 Å². The smallest absolute Gasteiger partial charge is 0.232 e. The summed E-state index contributed by atoms with van der Waals surface area (Å²) in [7, 11) is 1.65. The van der Waals surface area contributed by atoms with Crippen molar-refractivity contribution < 1.29 is 9.53 Å². The van der Waals surface area contributed by atoms with E-state index >= 15 is 0 Å². The summed E-state index contributed by atoms with van der Waals surface area (Å²) >= 11 is 0. The van der Waals surface area contributed by atoms with E-state index in [2.05, 4.69) is 5.32 Å². The number of para-hydroxylation sites is 1. The van der Waals surface area contributed by atoms with Gasteiger partial charge in [0.25, 0.3) is 0 Å². The molecule has 1 aliphatic heterocycles. The number of aryl methyl sites for hydroxylation is 1. The number of fused-ring (bicyclic) bond motifs is 1. The second kappa shape index (κ2) is 5.00. The van der Waals surface area contributed by atoms with Crippen LogP contribution in [0.25, 0.3) is 0 Å². The Kier molecular flexibility index (Phi) is 3.18. The van der Waals surface area contributed by atoms with Gasteiger partial charge < -0.3 is 10.1 Å². The zero-order valence-corrected chi connectivity index (χ0v) is 11.6. The molecule has 1 N–H and O–H groups in total. The van der Waals surface area contributed by atoms with Crippen LogP contribution in [0.3, 0.4) is 0 Å². The maximum absolute atomic E-state index is 12.2. The molecule has 1 amide bonds. The number of anilines is 1. The molecule has 102 valence electrons. The topological polar surface area (TPSA) is 38.3 Å². The van der Waals surface area contributed by atoms with Gasteiger partial charge in [-0.15, -0.1) is 0 Å². The van der Waals surface area contributed by atoms with Crippen molar-refractivity contribution in [3.05, 3.63) is 59.2 Å². The number of hydrogen-bond acceptors (Lipinski definition) is 2. The van der Waals surface area contributed by atoms with Gasteiger partial charge in [0.2, 0.25) is 5.91 Å². The number of nitrogens with one attached hydrogen (secondary N) is 1. The Bertz CT molecular complexity index is 647. The molecule has 0 aromatic heterocycles. The summed E-state index contributed by atoms with van der Waals surface area (Å²) in [6.07, 6.45) is 0.715. The van der Waals surface area contributed by atoms with Crippen LogP contribution < -0.4 is 10.1 Å². The molecular weight excluding hydrogens is 250 g/mol. The lowest BCUT2D eigenvalue weighted by atomic mass is 9.92. The first-order chi connectivity index (χ1) is 9.69. The Balaban J connectivity index is 1.88. The number of rotatable bonds is 3. The highest BCUT2D eigenvalue weighted by Gasteiger charge is 2.31. The average molecular weight is 267 g/mol. The van der Waals surface area contributed by atoms with Crippen molar-refractivity contribution in [1.29, 1.82) is 0 Å². The molecule has 2 aromatic rings. The number of methoxy groups -OCH3 is 1. The van der Waals surface area contributed by atoms with Crippen molar-refractivity contribution in [2.75, 3.05) is 12.4 Å². The summed E-state index contributed by atoms with van der Waals surface area (Å²) in [4.78, 5) is 12.2. The van der Waals surface area contributed by atoms with Crippen molar-refractivity contribution in [3.63, 3.8) is 0 Å². The van der Waals surface area contributed by atoms with Crippen molar-refractivity contribution in [1.82, 2.24) is 0 Å². The van der Waals surface area contributed by atoms with Gasteiger partial charge in [-0.25, -0.2) is 0 Å². The van der Waals surface area contributed by atoms with Gasteiger partial charge in [-0.1, -0.05) is 30.3 Å². The zero-order valence-electron chi connectivity index (χ0n) is 11.6. The highest BCUT2D eigenvalue weighted by molar-refractivity contribution is 6.03. The second-order valence-electron chi connectivity index (χ2n) is 5.13. The van der Waals surface area contributed by atoms with Gasteiger partial charge in [0.05, 0.1) is 13.0 Å². The molecule has 20 heavy (non-hydrogen) atoms. The average Bonchev–Trinajstić information content (AvgIpc) is 2.78. The molecule has 0 fully saturated rings. The summed E-state index contributed by atoms with van der Waals surface area (Å²) in [6, 6.07) is 14.0. The lowest BCUT2D eigenvalue weighted by molar-refractivity contribution is -0.117. The van der Waals surface area contributed by atoms with Crippen LogP contribution in [0.1, 0.15) is 22.6 Å². The molecule has 3 rings (SSSR count). The van der Waals surface area contributed by atoms with Gasteiger partial charge in [0, 0.05) is 5.69 Å². The first-order valence-corrected chi connectivity index (χ1v) is 6.72. The third-order valence-corrected chi connectivity index (χ3v) is 3.84. The molecule has 1 unspecified atom stereocenters. The fourth-order valence-corrected chi connectivity index (χ4v) is 2.70. The maximum atomic E-state index is 12.2. The number of ether oxygens (including phenoxy) is 1. The standard InChI is InChI=1S/C17H17NO2/c1-11-4-3-5-14-15(17(19)18-16(11)14)10-12-6-8-13(20-2)9-7-12/h3-9,15H,10H2,1-2H3,(H,18,19). The summed E-state index contributed by atoms with van der Waals surface area (Å²) in [6.45, 7) is 2.02. The first-order valence-electron chi connectivity index (χ1n) is 6.72. The van der Waals surface area contributed by atoms with Crippen LogP contribution in [-0.2, 0) is 11.2 Å². The Morgan fingerprint density at radius 2 is 1.90 bits per heavy atom. The van der Waals surface area contributed by atoms with Crippen LogP contribution in [0.5, 0.6) is 5.75 Å². The summed E-state index contributed by atoms with van der Waals surface area (Å²) in [5, 5.41) is 2.99. The quantitative estimate of drug-likeness (QED) is 0.926. The molecule has 0 saturated carbocycles. The van der Waals surface area contributed by atoms with E-state index in [0.717, 1.165) is 28.1 Å². The molecule has 3 nitrogen and oxygen atoms in total. The molecule has 0 aliphatic carbocycles. The largest absolute Gasteiger partial charge is 0.497 e. The number of amides is 1. The lowest BCUT2D eigenvalue weighted by Crippen LogP contribution is -2.14. The minimum absolute atomic E-state index is 0.0881. The molecule has 3 heteroatoms. The number of carbonyl (C=O) groups excluding carboxylic acids is 1. The lowest BCUT2D eigenvalue weighted by Gasteiger charge is -2.10. The Morgan fingerprint density at radius 3 is 2.60 bits per heavy atom. The van der Waals surface area contributed by atoms with Crippen LogP contribution in [-0.4, -0.2) is 13.0 Å². The third kappa shape index (κ3) is 2.16. The summed E-state index contributed by atoms with van der Waals surface area (Å²) in [5.41, 5.74) is 4.34. The fraction of sp³-hybridized carbons (Fsp3) is 0.235. The third-order valence-electron chi connectivity index (χ3n) is 3.84. The number of hydrogen-bond donors (Lipinski definition) is 1. The molecule has 0 spiro atoms. The monoisotopic (exact) mass is 267 g/mol. The predicted octanol–water partition coefficient (Wildman–Crippen LogP) is 3.28. The van der Waals surface area contributed by atoms with Crippen molar-refractivity contribution in [2.45, 2.75) is 19.3 Å². The Labute approximate surface area is 118 Å². The number of benzene rings is 2. The molecule has 1 atom stereocenters. The van der Waals surface area contributed by atoms with Gasteiger partial charge in [-0.05, 0) is 42.2 Å².